The molecule has 2 aliphatic heterocycles. The summed E-state index contributed by atoms with van der Waals surface area (Å²) in [5.74, 6) is 2.44. The largest absolute Gasteiger partial charge is 0.272 e. The Bertz CT molecular complexity index is 795. The van der Waals surface area contributed by atoms with Gasteiger partial charge in [-0.1, -0.05) is 49.2 Å². The minimum absolute atomic E-state index is 0.00866. The molecule has 2 aliphatic rings. The average molecular weight is 423 g/mol. The van der Waals surface area contributed by atoms with Gasteiger partial charge in [0.1, 0.15) is 0 Å². The number of fused-ring (bicyclic) bond motifs is 2. The van der Waals surface area contributed by atoms with Crippen molar-refractivity contribution in [3.05, 3.63) is 11.6 Å². The molecule has 2 N–H and O–H groups in total. The Labute approximate surface area is 170 Å². The summed E-state index contributed by atoms with van der Waals surface area (Å²) >= 11 is 2.84. The van der Waals surface area contributed by atoms with Crippen LogP contribution in [0.3, 0.4) is 0 Å². The SMILES string of the molecule is O=C1CSc2nnc(CCCCCCCCc3nnc4n3NC(=O)CS4)n2N1. The van der Waals surface area contributed by atoms with Crippen molar-refractivity contribution in [3.63, 3.8) is 0 Å². The van der Waals surface area contributed by atoms with Crippen LogP contribution in [-0.2, 0) is 22.4 Å². The third-order valence-electron chi connectivity index (χ3n) is 4.59. The van der Waals surface area contributed by atoms with Crippen LogP contribution in [0.1, 0.15) is 50.2 Å². The van der Waals surface area contributed by atoms with E-state index in [2.05, 4.69) is 31.2 Å². The van der Waals surface area contributed by atoms with Crippen LogP contribution in [0.2, 0.25) is 0 Å². The molecule has 0 aliphatic carbocycles. The molecule has 0 atom stereocenters. The first-order chi connectivity index (χ1) is 13.7. The maximum absolute atomic E-state index is 11.5. The summed E-state index contributed by atoms with van der Waals surface area (Å²) in [6.07, 6.45) is 8.25. The van der Waals surface area contributed by atoms with Crippen molar-refractivity contribution in [3.8, 4) is 0 Å². The monoisotopic (exact) mass is 422 g/mol. The van der Waals surface area contributed by atoms with Gasteiger partial charge in [-0.05, 0) is 12.8 Å². The van der Waals surface area contributed by atoms with Gasteiger partial charge >= 0.3 is 0 Å². The van der Waals surface area contributed by atoms with Crippen molar-refractivity contribution in [2.45, 2.75) is 61.7 Å². The summed E-state index contributed by atoms with van der Waals surface area (Å²) in [5, 5.41) is 18.1. The van der Waals surface area contributed by atoms with E-state index < -0.39 is 0 Å². The Kier molecular flexibility index (Phi) is 6.15. The van der Waals surface area contributed by atoms with Crippen LogP contribution in [-0.4, -0.2) is 53.1 Å². The molecule has 28 heavy (non-hydrogen) atoms. The first kappa shape index (κ1) is 19.2. The lowest BCUT2D eigenvalue weighted by atomic mass is 10.1. The van der Waals surface area contributed by atoms with Gasteiger partial charge in [0.25, 0.3) is 0 Å². The van der Waals surface area contributed by atoms with Gasteiger partial charge in [0.2, 0.25) is 22.1 Å². The van der Waals surface area contributed by atoms with Crippen molar-refractivity contribution in [2.75, 3.05) is 22.4 Å². The Hall–Kier alpha value is -2.08. The molecule has 0 spiro atoms. The van der Waals surface area contributed by atoms with Crippen LogP contribution in [0, 0.1) is 0 Å². The number of hydrogen-bond donors (Lipinski definition) is 2. The molecular formula is C16H22N8O2S2. The molecule has 0 bridgehead atoms. The highest BCUT2D eigenvalue weighted by atomic mass is 32.2. The Morgan fingerprint density at radius 1 is 0.679 bits per heavy atom. The van der Waals surface area contributed by atoms with Crippen LogP contribution in [0.15, 0.2) is 10.3 Å². The highest BCUT2D eigenvalue weighted by Crippen LogP contribution is 2.21. The lowest BCUT2D eigenvalue weighted by Crippen LogP contribution is -2.30. The molecular weight excluding hydrogens is 400 g/mol. The first-order valence-corrected chi connectivity index (χ1v) is 11.4. The Balaban J connectivity index is 1.11. The van der Waals surface area contributed by atoms with Crippen LogP contribution in [0.4, 0.5) is 0 Å². The van der Waals surface area contributed by atoms with E-state index in [1.807, 2.05) is 0 Å². The highest BCUT2D eigenvalue weighted by molar-refractivity contribution is 8.00. The number of nitrogens with zero attached hydrogens (tertiary/aromatic N) is 6. The van der Waals surface area contributed by atoms with E-state index in [1.54, 1.807) is 9.35 Å². The summed E-state index contributed by atoms with van der Waals surface area (Å²) in [7, 11) is 0. The van der Waals surface area contributed by atoms with Crippen LogP contribution < -0.4 is 10.9 Å². The molecule has 12 heteroatoms. The molecule has 2 amide bonds. The molecule has 4 rings (SSSR count). The van der Waals surface area contributed by atoms with Gasteiger partial charge in [-0.2, -0.15) is 0 Å². The first-order valence-electron chi connectivity index (χ1n) is 9.44. The molecule has 0 unspecified atom stereocenters. The summed E-state index contributed by atoms with van der Waals surface area (Å²) in [5.41, 5.74) is 5.61. The van der Waals surface area contributed by atoms with Gasteiger partial charge in [-0.25, -0.2) is 9.35 Å². The fourth-order valence-electron chi connectivity index (χ4n) is 3.18. The van der Waals surface area contributed by atoms with Crippen molar-refractivity contribution in [1.29, 1.82) is 0 Å². The molecule has 10 nitrogen and oxygen atoms in total. The normalized spacial score (nSPS) is 15.7. The molecule has 0 aromatic carbocycles. The van der Waals surface area contributed by atoms with Crippen LogP contribution in [0.5, 0.6) is 0 Å². The van der Waals surface area contributed by atoms with E-state index in [4.69, 9.17) is 0 Å². The minimum atomic E-state index is -0.00866. The molecule has 150 valence electrons. The number of aromatic nitrogens is 6. The van der Waals surface area contributed by atoms with Crippen LogP contribution in [0.25, 0.3) is 0 Å². The standard InChI is InChI=1S/C16H22N8O2S2/c25-13-9-27-15-19-17-11(23(15)21-13)7-5-3-1-2-4-6-8-12-18-20-16-24(12)22-14(26)10-28-16/h1-10H2,(H,21,25)(H,22,26). The Morgan fingerprint density at radius 2 is 1.11 bits per heavy atom. The zero-order valence-electron chi connectivity index (χ0n) is 15.4. The summed E-state index contributed by atoms with van der Waals surface area (Å²) in [6.45, 7) is 0. The number of aryl methyl sites for hydroxylation is 2. The molecule has 2 aromatic heterocycles. The summed E-state index contributed by atoms with van der Waals surface area (Å²) < 4.78 is 3.43. The van der Waals surface area contributed by atoms with Gasteiger partial charge in [0, 0.05) is 12.8 Å². The topological polar surface area (TPSA) is 120 Å². The fourth-order valence-corrected chi connectivity index (χ4v) is 4.59. The number of amides is 2. The predicted octanol–water partition coefficient (Wildman–Crippen LogP) is 1.35. The minimum Gasteiger partial charge on any atom is -0.272 e. The second-order valence-electron chi connectivity index (χ2n) is 6.74. The molecule has 0 radical (unpaired) electrons. The predicted molar refractivity (Wildman–Crippen MR) is 105 cm³/mol. The number of hydrogen-bond acceptors (Lipinski definition) is 8. The van der Waals surface area contributed by atoms with E-state index >= 15 is 0 Å². The maximum Gasteiger partial charge on any atom is 0.249 e. The number of unbranched alkanes of at least 4 members (excludes halogenated alkanes) is 5. The second kappa shape index (κ2) is 8.95. The second-order valence-corrected chi connectivity index (χ2v) is 8.62. The quantitative estimate of drug-likeness (QED) is 0.581. The number of rotatable bonds is 9. The lowest BCUT2D eigenvalue weighted by molar-refractivity contribution is -0.115. The van der Waals surface area contributed by atoms with Crippen LogP contribution >= 0.6 is 23.5 Å². The van der Waals surface area contributed by atoms with Crippen molar-refractivity contribution < 1.29 is 9.59 Å². The average Bonchev–Trinajstić information content (AvgIpc) is 3.27. The van der Waals surface area contributed by atoms with E-state index in [0.717, 1.165) is 73.3 Å². The molecule has 0 saturated heterocycles. The van der Waals surface area contributed by atoms with Crippen molar-refractivity contribution in [1.82, 2.24) is 29.7 Å². The third kappa shape index (κ3) is 4.49. The zero-order valence-corrected chi connectivity index (χ0v) is 17.0. The highest BCUT2D eigenvalue weighted by Gasteiger charge is 2.21. The smallest absolute Gasteiger partial charge is 0.249 e. The molecule has 0 fully saturated rings. The molecule has 2 aromatic rings. The molecule has 0 saturated carbocycles. The summed E-state index contributed by atoms with van der Waals surface area (Å²) in [4.78, 5) is 23.0. The van der Waals surface area contributed by atoms with Crippen molar-refractivity contribution >= 4 is 35.3 Å². The number of nitrogens with one attached hydrogen (secondary N) is 2. The van der Waals surface area contributed by atoms with E-state index in [9.17, 15) is 9.59 Å². The van der Waals surface area contributed by atoms with E-state index in [1.165, 1.54) is 23.5 Å². The van der Waals surface area contributed by atoms with Gasteiger partial charge in [0.05, 0.1) is 11.5 Å². The third-order valence-corrected chi connectivity index (χ3v) is 6.45. The Morgan fingerprint density at radius 3 is 1.57 bits per heavy atom. The number of carbonyl (C=O) groups excluding carboxylic acids is 2. The number of carbonyl (C=O) groups is 2. The van der Waals surface area contributed by atoms with E-state index in [0.29, 0.717) is 11.5 Å². The molecule has 4 heterocycles. The van der Waals surface area contributed by atoms with Gasteiger partial charge in [-0.15, -0.1) is 20.4 Å². The number of thioether (sulfide) groups is 2. The summed E-state index contributed by atoms with van der Waals surface area (Å²) in [6, 6.07) is 0. The van der Waals surface area contributed by atoms with Gasteiger partial charge in [0.15, 0.2) is 11.6 Å². The zero-order chi connectivity index (χ0) is 19.3. The maximum atomic E-state index is 11.5. The van der Waals surface area contributed by atoms with Gasteiger partial charge < -0.3 is 0 Å². The lowest BCUT2D eigenvalue weighted by Gasteiger charge is -2.15. The van der Waals surface area contributed by atoms with Gasteiger partial charge in [-0.3, -0.25) is 20.4 Å². The van der Waals surface area contributed by atoms with E-state index in [-0.39, 0.29) is 11.8 Å². The fraction of sp³-hybridized carbons (Fsp3) is 0.625. The van der Waals surface area contributed by atoms with Crippen molar-refractivity contribution in [2.24, 2.45) is 0 Å².